The number of hydrogen-bond acceptors (Lipinski definition) is 6. The summed E-state index contributed by atoms with van der Waals surface area (Å²) in [7, 11) is -4.58. The fraction of sp³-hybridized carbons (Fsp3) is 0.200. The van der Waals surface area contributed by atoms with Gasteiger partial charge in [0.15, 0.2) is 0 Å². The lowest BCUT2D eigenvalue weighted by Crippen LogP contribution is -2.10. The maximum absolute atomic E-state index is 12.8. The molecule has 0 amide bonds. The van der Waals surface area contributed by atoms with Gasteiger partial charge in [-0.15, -0.1) is 0 Å². The molecule has 0 bridgehead atoms. The highest BCUT2D eigenvalue weighted by Crippen LogP contribution is 2.50. The third kappa shape index (κ3) is 6.65. The van der Waals surface area contributed by atoms with Crippen molar-refractivity contribution in [2.24, 2.45) is 0 Å². The first-order chi connectivity index (χ1) is 13.0. The van der Waals surface area contributed by atoms with Gasteiger partial charge >= 0.3 is 19.8 Å². The van der Waals surface area contributed by atoms with E-state index in [1.165, 1.54) is 24.3 Å². The summed E-state index contributed by atoms with van der Waals surface area (Å²) >= 11 is 0. The molecule has 2 aromatic rings. The number of phosphoric ester groups is 1. The molecule has 0 aromatic heterocycles. The van der Waals surface area contributed by atoms with E-state index in [1.54, 1.807) is 36.4 Å². The van der Waals surface area contributed by atoms with Gasteiger partial charge in [-0.25, -0.2) is 9.59 Å². The minimum atomic E-state index is -4.58. The van der Waals surface area contributed by atoms with Crippen LogP contribution in [0.25, 0.3) is 0 Å². The Labute approximate surface area is 158 Å². The van der Waals surface area contributed by atoms with Crippen molar-refractivity contribution in [2.75, 3.05) is 0 Å². The quantitative estimate of drug-likeness (QED) is 0.380. The molecule has 0 aliphatic heterocycles. The van der Waals surface area contributed by atoms with Crippen molar-refractivity contribution < 1.29 is 27.7 Å². The zero-order chi connectivity index (χ0) is 19.5. The van der Waals surface area contributed by atoms with Crippen molar-refractivity contribution in [3.8, 4) is 12.0 Å². The van der Waals surface area contributed by atoms with Crippen LogP contribution < -0.4 is 0 Å². The largest absolute Gasteiger partial charge is 0.660 e. The Morgan fingerprint density at radius 3 is 1.81 bits per heavy atom. The summed E-state index contributed by atoms with van der Waals surface area (Å²) in [5.41, 5.74) is 0.270. The summed E-state index contributed by atoms with van der Waals surface area (Å²) in [4.78, 5) is 24.4. The molecule has 27 heavy (non-hydrogen) atoms. The topological polar surface area (TPSA) is 78.9 Å². The Bertz CT molecular complexity index is 810. The lowest BCUT2D eigenvalue weighted by Gasteiger charge is -2.14. The van der Waals surface area contributed by atoms with Crippen molar-refractivity contribution in [1.29, 1.82) is 0 Å². The van der Waals surface area contributed by atoms with Crippen molar-refractivity contribution in [2.45, 2.75) is 26.2 Å². The van der Waals surface area contributed by atoms with Crippen LogP contribution in [0.2, 0.25) is 0 Å². The average molecular weight is 386 g/mol. The van der Waals surface area contributed by atoms with E-state index in [0.717, 1.165) is 12.8 Å². The fourth-order valence-electron chi connectivity index (χ4n) is 1.92. The monoisotopic (exact) mass is 386 g/mol. The van der Waals surface area contributed by atoms with Crippen LogP contribution in [0.15, 0.2) is 60.7 Å². The molecular formula is C20H19O6P. The van der Waals surface area contributed by atoms with Gasteiger partial charge in [0.25, 0.3) is 0 Å². The van der Waals surface area contributed by atoms with E-state index in [-0.39, 0.29) is 11.1 Å². The first kappa shape index (κ1) is 20.3. The predicted molar refractivity (Wildman–Crippen MR) is 99.7 cm³/mol. The minimum Gasteiger partial charge on any atom is -0.347 e. The van der Waals surface area contributed by atoms with Crippen LogP contribution >= 0.6 is 7.82 Å². The molecule has 0 radical (unpaired) electrons. The standard InChI is InChI=1S/C20H19O6P/c1-2-3-4-11-16-24-27(23,25-19(21)17-12-7-5-8-13-17)26-20(22)18-14-9-6-10-15-18/h5-10,12-15H,2-4H2,1H3. The lowest BCUT2D eigenvalue weighted by atomic mass is 10.2. The van der Waals surface area contributed by atoms with E-state index < -0.39 is 19.8 Å². The Morgan fingerprint density at radius 1 is 0.889 bits per heavy atom. The molecule has 0 aliphatic rings. The third-order valence-corrected chi connectivity index (χ3v) is 4.39. The zero-order valence-corrected chi connectivity index (χ0v) is 15.7. The summed E-state index contributed by atoms with van der Waals surface area (Å²) < 4.78 is 27.4. The number of rotatable bonds is 7. The first-order valence-electron chi connectivity index (χ1n) is 8.38. The number of benzene rings is 2. The zero-order valence-electron chi connectivity index (χ0n) is 14.8. The number of hydrogen-bond donors (Lipinski definition) is 0. The second-order valence-corrected chi connectivity index (χ2v) is 6.85. The van der Waals surface area contributed by atoms with Gasteiger partial charge in [-0.05, 0) is 30.7 Å². The Hall–Kier alpha value is -3.03. The maximum atomic E-state index is 12.8. The molecule has 0 N–H and O–H groups in total. The Morgan fingerprint density at radius 2 is 1.37 bits per heavy atom. The number of phosphoric acid groups is 1. The normalized spacial score (nSPS) is 10.3. The number of carbonyl (C=O) groups excluding carboxylic acids is 2. The molecule has 0 heterocycles. The molecular weight excluding hydrogens is 367 g/mol. The van der Waals surface area contributed by atoms with Gasteiger partial charge in [0.2, 0.25) is 0 Å². The van der Waals surface area contributed by atoms with Crippen LogP contribution in [0.5, 0.6) is 0 Å². The summed E-state index contributed by atoms with van der Waals surface area (Å²) in [6, 6.07) is 15.8. The predicted octanol–water partition coefficient (Wildman–Crippen LogP) is 4.98. The van der Waals surface area contributed by atoms with E-state index in [0.29, 0.717) is 6.42 Å². The summed E-state index contributed by atoms with van der Waals surface area (Å²) in [6.45, 7) is 2.00. The van der Waals surface area contributed by atoms with Crippen LogP contribution in [0.4, 0.5) is 0 Å². The Kier molecular flexibility index (Phi) is 7.66. The van der Waals surface area contributed by atoms with Gasteiger partial charge in [-0.2, -0.15) is 4.57 Å². The Balaban J connectivity index is 2.16. The molecule has 0 saturated heterocycles. The van der Waals surface area contributed by atoms with Crippen molar-refractivity contribution in [3.63, 3.8) is 0 Å². The van der Waals surface area contributed by atoms with E-state index >= 15 is 0 Å². The highest BCUT2D eigenvalue weighted by molar-refractivity contribution is 7.49. The minimum absolute atomic E-state index is 0.135. The second kappa shape index (κ2) is 10.2. The van der Waals surface area contributed by atoms with Crippen molar-refractivity contribution >= 4 is 19.8 Å². The SMILES string of the molecule is CCCCC#COP(=O)(OC(=O)c1ccccc1)OC(=O)c1ccccc1. The van der Waals surface area contributed by atoms with Crippen molar-refractivity contribution in [1.82, 2.24) is 0 Å². The van der Waals surface area contributed by atoms with Crippen LogP contribution in [-0.4, -0.2) is 11.9 Å². The lowest BCUT2D eigenvalue weighted by molar-refractivity contribution is 0.0563. The first-order valence-corrected chi connectivity index (χ1v) is 9.84. The molecule has 0 unspecified atom stereocenters. The average Bonchev–Trinajstić information content (AvgIpc) is 2.69. The molecule has 0 saturated carbocycles. The molecule has 0 fully saturated rings. The van der Waals surface area contributed by atoms with Crippen LogP contribution in [0, 0.1) is 12.0 Å². The van der Waals surface area contributed by atoms with Crippen LogP contribution in [0.1, 0.15) is 46.9 Å². The summed E-state index contributed by atoms with van der Waals surface area (Å²) in [6.07, 6.45) is 4.47. The molecule has 0 atom stereocenters. The van der Waals surface area contributed by atoms with Gasteiger partial charge in [-0.3, -0.25) is 0 Å². The second-order valence-electron chi connectivity index (χ2n) is 5.41. The van der Waals surface area contributed by atoms with Crippen LogP contribution in [-0.2, 0) is 18.1 Å². The summed E-state index contributed by atoms with van der Waals surface area (Å²) in [5.74, 6) is 0.743. The van der Waals surface area contributed by atoms with Crippen LogP contribution in [0.3, 0.4) is 0 Å². The van der Waals surface area contributed by atoms with E-state index in [4.69, 9.17) is 13.6 Å². The highest BCUT2D eigenvalue weighted by atomic mass is 31.2. The summed E-state index contributed by atoms with van der Waals surface area (Å²) in [5, 5.41) is 0. The third-order valence-electron chi connectivity index (χ3n) is 3.29. The highest BCUT2D eigenvalue weighted by Gasteiger charge is 2.37. The fourth-order valence-corrected chi connectivity index (χ4v) is 2.82. The molecule has 0 aliphatic carbocycles. The molecule has 2 aromatic carbocycles. The molecule has 0 spiro atoms. The van der Waals surface area contributed by atoms with E-state index in [9.17, 15) is 14.2 Å². The van der Waals surface area contributed by atoms with E-state index in [2.05, 4.69) is 12.0 Å². The smallest absolute Gasteiger partial charge is 0.347 e. The maximum Gasteiger partial charge on any atom is 0.660 e. The van der Waals surface area contributed by atoms with Gasteiger partial charge in [0.05, 0.1) is 11.1 Å². The van der Waals surface area contributed by atoms with Gasteiger partial charge in [0, 0.05) is 6.42 Å². The number of carbonyl (C=O) groups is 2. The van der Waals surface area contributed by atoms with Crippen molar-refractivity contribution in [3.05, 3.63) is 71.8 Å². The number of unbranched alkanes of at least 4 members (excludes halogenated alkanes) is 2. The van der Waals surface area contributed by atoms with Gasteiger partial charge in [0.1, 0.15) is 6.11 Å². The molecule has 6 nitrogen and oxygen atoms in total. The van der Waals surface area contributed by atoms with E-state index in [1.807, 2.05) is 6.92 Å². The molecule has 7 heteroatoms. The van der Waals surface area contributed by atoms with Gasteiger partial charge < -0.3 is 13.6 Å². The van der Waals surface area contributed by atoms with Gasteiger partial charge in [-0.1, -0.05) is 55.7 Å². The molecule has 2 rings (SSSR count). The molecule has 140 valence electrons.